The van der Waals surface area contributed by atoms with Crippen LogP contribution in [0.15, 0.2) is 18.2 Å². The molecule has 0 radical (unpaired) electrons. The van der Waals surface area contributed by atoms with Crippen molar-refractivity contribution in [1.82, 2.24) is 0 Å². The maximum absolute atomic E-state index is 13.6. The fraction of sp³-hybridized carbons (Fsp3) is 0.462. The van der Waals surface area contributed by atoms with Crippen LogP contribution in [0.5, 0.6) is 0 Å². The molecule has 0 aliphatic heterocycles. The number of benzene rings is 1. The lowest BCUT2D eigenvalue weighted by Gasteiger charge is -2.23. The molecule has 92 valence electrons. The molecule has 1 aliphatic carbocycles. The van der Waals surface area contributed by atoms with Gasteiger partial charge in [0.05, 0.1) is 11.2 Å². The van der Waals surface area contributed by atoms with Crippen LogP contribution in [0.2, 0.25) is 0 Å². The molecule has 1 fully saturated rings. The fourth-order valence-electron chi connectivity index (χ4n) is 2.26. The highest BCUT2D eigenvalue weighted by Gasteiger charge is 2.37. The number of amides is 1. The number of anilines is 1. The van der Waals surface area contributed by atoms with E-state index in [1.54, 1.807) is 19.1 Å². The summed E-state index contributed by atoms with van der Waals surface area (Å²) < 4.78 is 13.6. The minimum Gasteiger partial charge on any atom is -0.322 e. The quantitative estimate of drug-likeness (QED) is 0.828. The Morgan fingerprint density at radius 1 is 1.41 bits per heavy atom. The van der Waals surface area contributed by atoms with Crippen molar-refractivity contribution in [3.05, 3.63) is 29.6 Å². The standard InChI is InChI=1S/C13H17FN2O/c1-9-5-4-6-10(14)11(9)16-12(17)13(15)7-2-3-8-13/h4-6H,2-3,7-8,15H2,1H3,(H,16,17). The molecule has 0 heterocycles. The third-order valence-corrected chi connectivity index (χ3v) is 3.41. The molecule has 2 rings (SSSR count). The Balaban J connectivity index is 2.18. The van der Waals surface area contributed by atoms with Crippen molar-refractivity contribution < 1.29 is 9.18 Å². The van der Waals surface area contributed by atoms with Gasteiger partial charge in [-0.1, -0.05) is 25.0 Å². The third-order valence-electron chi connectivity index (χ3n) is 3.41. The Hall–Kier alpha value is -1.42. The van der Waals surface area contributed by atoms with Gasteiger partial charge < -0.3 is 11.1 Å². The van der Waals surface area contributed by atoms with E-state index in [9.17, 15) is 9.18 Å². The number of para-hydroxylation sites is 1. The second-order valence-corrected chi connectivity index (χ2v) is 4.75. The first-order valence-corrected chi connectivity index (χ1v) is 5.88. The van der Waals surface area contributed by atoms with E-state index < -0.39 is 11.4 Å². The number of nitrogens with one attached hydrogen (secondary N) is 1. The van der Waals surface area contributed by atoms with Crippen LogP contribution >= 0.6 is 0 Å². The van der Waals surface area contributed by atoms with E-state index in [0.717, 1.165) is 12.8 Å². The van der Waals surface area contributed by atoms with E-state index in [-0.39, 0.29) is 11.6 Å². The van der Waals surface area contributed by atoms with Gasteiger partial charge >= 0.3 is 0 Å². The molecule has 0 aromatic heterocycles. The Labute approximate surface area is 100 Å². The number of carbonyl (C=O) groups excluding carboxylic acids is 1. The highest BCUT2D eigenvalue weighted by atomic mass is 19.1. The van der Waals surface area contributed by atoms with Crippen LogP contribution in [0.1, 0.15) is 31.2 Å². The molecular weight excluding hydrogens is 219 g/mol. The maximum atomic E-state index is 13.6. The highest BCUT2D eigenvalue weighted by Crippen LogP contribution is 2.29. The maximum Gasteiger partial charge on any atom is 0.244 e. The summed E-state index contributed by atoms with van der Waals surface area (Å²) in [5.41, 5.74) is 6.14. The second kappa shape index (κ2) is 4.45. The number of halogens is 1. The first-order valence-electron chi connectivity index (χ1n) is 5.88. The number of aryl methyl sites for hydroxylation is 1. The summed E-state index contributed by atoms with van der Waals surface area (Å²) in [5.74, 6) is -0.692. The van der Waals surface area contributed by atoms with E-state index in [1.165, 1.54) is 6.07 Å². The van der Waals surface area contributed by atoms with Gasteiger partial charge in [0.2, 0.25) is 5.91 Å². The summed E-state index contributed by atoms with van der Waals surface area (Å²) in [6.45, 7) is 1.76. The van der Waals surface area contributed by atoms with Crippen molar-refractivity contribution in [2.45, 2.75) is 38.1 Å². The second-order valence-electron chi connectivity index (χ2n) is 4.75. The highest BCUT2D eigenvalue weighted by molar-refractivity contribution is 5.98. The average Bonchev–Trinajstić information content (AvgIpc) is 2.72. The van der Waals surface area contributed by atoms with E-state index >= 15 is 0 Å². The monoisotopic (exact) mass is 236 g/mol. The van der Waals surface area contributed by atoms with E-state index in [2.05, 4.69) is 5.32 Å². The topological polar surface area (TPSA) is 55.1 Å². The minimum absolute atomic E-state index is 0.245. The smallest absolute Gasteiger partial charge is 0.244 e. The summed E-state index contributed by atoms with van der Waals surface area (Å²) >= 11 is 0. The molecular formula is C13H17FN2O. The lowest BCUT2D eigenvalue weighted by molar-refractivity contribution is -0.121. The van der Waals surface area contributed by atoms with Crippen molar-refractivity contribution in [1.29, 1.82) is 0 Å². The van der Waals surface area contributed by atoms with Gasteiger partial charge in [0.25, 0.3) is 0 Å². The fourth-order valence-corrected chi connectivity index (χ4v) is 2.26. The van der Waals surface area contributed by atoms with Crippen LogP contribution in [-0.2, 0) is 4.79 Å². The molecule has 0 saturated heterocycles. The van der Waals surface area contributed by atoms with Gasteiger partial charge in [-0.05, 0) is 31.4 Å². The average molecular weight is 236 g/mol. The molecule has 1 aromatic rings. The van der Waals surface area contributed by atoms with Crippen molar-refractivity contribution in [3.63, 3.8) is 0 Å². The summed E-state index contributed by atoms with van der Waals surface area (Å²) in [6, 6.07) is 4.71. The molecule has 1 saturated carbocycles. The number of rotatable bonds is 2. The molecule has 0 atom stereocenters. The molecule has 1 amide bonds. The predicted octanol–water partition coefficient (Wildman–Crippen LogP) is 2.34. The van der Waals surface area contributed by atoms with Crippen molar-refractivity contribution in [3.8, 4) is 0 Å². The minimum atomic E-state index is -0.825. The number of hydrogen-bond donors (Lipinski definition) is 2. The van der Waals surface area contributed by atoms with Gasteiger partial charge in [0.1, 0.15) is 5.82 Å². The predicted molar refractivity (Wildman–Crippen MR) is 65.2 cm³/mol. The lowest BCUT2D eigenvalue weighted by atomic mass is 9.98. The van der Waals surface area contributed by atoms with Gasteiger partial charge in [-0.25, -0.2) is 4.39 Å². The molecule has 0 bridgehead atoms. The number of hydrogen-bond acceptors (Lipinski definition) is 2. The van der Waals surface area contributed by atoms with Crippen molar-refractivity contribution >= 4 is 11.6 Å². The third kappa shape index (κ3) is 2.31. The van der Waals surface area contributed by atoms with Gasteiger partial charge in [0.15, 0.2) is 0 Å². The molecule has 1 aromatic carbocycles. The molecule has 17 heavy (non-hydrogen) atoms. The molecule has 3 N–H and O–H groups in total. The molecule has 1 aliphatic rings. The van der Waals surface area contributed by atoms with Crippen LogP contribution in [-0.4, -0.2) is 11.4 Å². The summed E-state index contributed by atoms with van der Waals surface area (Å²) in [6.07, 6.45) is 3.26. The van der Waals surface area contributed by atoms with Crippen LogP contribution in [0, 0.1) is 12.7 Å². The van der Waals surface area contributed by atoms with Gasteiger partial charge in [-0.15, -0.1) is 0 Å². The van der Waals surface area contributed by atoms with Crippen molar-refractivity contribution in [2.24, 2.45) is 5.73 Å². The Kier molecular flexibility index (Phi) is 3.15. The van der Waals surface area contributed by atoms with Gasteiger partial charge in [0, 0.05) is 0 Å². The van der Waals surface area contributed by atoms with E-state index in [4.69, 9.17) is 5.73 Å². The molecule has 4 heteroatoms. The summed E-state index contributed by atoms with van der Waals surface area (Å²) in [7, 11) is 0. The zero-order valence-corrected chi connectivity index (χ0v) is 9.92. The zero-order chi connectivity index (χ0) is 12.5. The first-order chi connectivity index (χ1) is 8.03. The van der Waals surface area contributed by atoms with E-state index in [0.29, 0.717) is 18.4 Å². The van der Waals surface area contributed by atoms with Crippen LogP contribution < -0.4 is 11.1 Å². The number of nitrogens with two attached hydrogens (primary N) is 1. The van der Waals surface area contributed by atoms with Gasteiger partial charge in [-0.3, -0.25) is 4.79 Å². The largest absolute Gasteiger partial charge is 0.322 e. The van der Waals surface area contributed by atoms with Crippen molar-refractivity contribution in [2.75, 3.05) is 5.32 Å². The SMILES string of the molecule is Cc1cccc(F)c1NC(=O)C1(N)CCCC1. The Morgan fingerprint density at radius 3 is 2.65 bits per heavy atom. The molecule has 3 nitrogen and oxygen atoms in total. The zero-order valence-electron chi connectivity index (χ0n) is 9.92. The normalized spacial score (nSPS) is 18.1. The van der Waals surface area contributed by atoms with E-state index in [1.807, 2.05) is 0 Å². The molecule has 0 spiro atoms. The van der Waals surface area contributed by atoms with Gasteiger partial charge in [-0.2, -0.15) is 0 Å². The molecule has 0 unspecified atom stereocenters. The van der Waals surface area contributed by atoms with Crippen LogP contribution in [0.3, 0.4) is 0 Å². The number of carbonyl (C=O) groups is 1. The van der Waals surface area contributed by atoms with Crippen LogP contribution in [0.4, 0.5) is 10.1 Å². The Morgan fingerprint density at radius 2 is 2.06 bits per heavy atom. The summed E-state index contributed by atoms with van der Waals surface area (Å²) in [4.78, 5) is 12.0. The van der Waals surface area contributed by atoms with Crippen LogP contribution in [0.25, 0.3) is 0 Å². The Bertz CT molecular complexity index is 419. The first kappa shape index (κ1) is 12.0. The lowest BCUT2D eigenvalue weighted by Crippen LogP contribution is -2.48. The summed E-state index contributed by atoms with van der Waals surface area (Å²) in [5, 5.41) is 2.62.